The molecule has 0 bridgehead atoms. The highest BCUT2D eigenvalue weighted by molar-refractivity contribution is 5.46. The first-order valence-corrected chi connectivity index (χ1v) is 7.18. The summed E-state index contributed by atoms with van der Waals surface area (Å²) in [6, 6.07) is 8.91. The first-order valence-electron chi connectivity index (χ1n) is 7.18. The molecular weight excluding hydrogens is 220 g/mol. The van der Waals surface area contributed by atoms with Gasteiger partial charge in [-0.25, -0.2) is 0 Å². The van der Waals surface area contributed by atoms with E-state index in [1.54, 1.807) is 0 Å². The van der Waals surface area contributed by atoms with Crippen LogP contribution in [0.4, 0.5) is 5.69 Å². The Kier molecular flexibility index (Phi) is 6.81. The van der Waals surface area contributed by atoms with E-state index in [0.717, 1.165) is 25.6 Å². The van der Waals surface area contributed by atoms with Crippen LogP contribution in [0.1, 0.15) is 39.2 Å². The molecule has 0 spiro atoms. The molecule has 18 heavy (non-hydrogen) atoms. The van der Waals surface area contributed by atoms with E-state index in [0.29, 0.717) is 0 Å². The molecule has 0 radical (unpaired) electrons. The normalized spacial score (nSPS) is 12.4. The maximum absolute atomic E-state index is 3.43. The summed E-state index contributed by atoms with van der Waals surface area (Å²) in [5.41, 5.74) is 2.68. The van der Waals surface area contributed by atoms with Gasteiger partial charge in [0, 0.05) is 25.8 Å². The highest BCUT2D eigenvalue weighted by Gasteiger charge is 2.05. The van der Waals surface area contributed by atoms with Gasteiger partial charge in [-0.15, -0.1) is 0 Å². The first-order chi connectivity index (χ1) is 8.67. The number of hydrogen-bond acceptors (Lipinski definition) is 2. The molecule has 0 saturated heterocycles. The van der Waals surface area contributed by atoms with Crippen molar-refractivity contribution < 1.29 is 0 Å². The fraction of sp³-hybridized carbons (Fsp3) is 0.625. The average Bonchev–Trinajstić information content (AvgIpc) is 2.39. The largest absolute Gasteiger partial charge is 0.374 e. The zero-order valence-electron chi connectivity index (χ0n) is 12.4. The second kappa shape index (κ2) is 8.15. The predicted octanol–water partition coefficient (Wildman–Crippen LogP) is 3.67. The van der Waals surface area contributed by atoms with E-state index in [2.05, 4.69) is 62.3 Å². The van der Waals surface area contributed by atoms with E-state index in [-0.39, 0.29) is 0 Å². The van der Waals surface area contributed by atoms with Crippen molar-refractivity contribution in [3.05, 3.63) is 29.8 Å². The Morgan fingerprint density at radius 1 is 1.17 bits per heavy atom. The molecule has 0 heterocycles. The third kappa shape index (κ3) is 5.09. The van der Waals surface area contributed by atoms with Crippen LogP contribution in [0.2, 0.25) is 0 Å². The van der Waals surface area contributed by atoms with Crippen LogP contribution in [0.15, 0.2) is 24.3 Å². The lowest BCUT2D eigenvalue weighted by Gasteiger charge is -2.23. The number of rotatable bonds is 8. The Morgan fingerprint density at radius 2 is 1.83 bits per heavy atom. The molecule has 1 aromatic rings. The maximum atomic E-state index is 3.43. The molecule has 0 aromatic heterocycles. The molecule has 2 heteroatoms. The second-order valence-corrected chi connectivity index (χ2v) is 5.24. The molecule has 2 nitrogen and oxygen atoms in total. The standard InChI is InChI=1S/C16H28N2/c1-5-11-17-12-15-7-9-16(10-8-15)18(4)13-14(3)6-2/h7-10,14,17H,5-6,11-13H2,1-4H3. The summed E-state index contributed by atoms with van der Waals surface area (Å²) in [6.07, 6.45) is 2.43. The van der Waals surface area contributed by atoms with Crippen LogP contribution < -0.4 is 10.2 Å². The summed E-state index contributed by atoms with van der Waals surface area (Å²) < 4.78 is 0. The SMILES string of the molecule is CCCNCc1ccc(N(C)CC(C)CC)cc1. The van der Waals surface area contributed by atoms with Crippen LogP contribution in [-0.2, 0) is 6.54 Å². The molecule has 1 unspecified atom stereocenters. The average molecular weight is 248 g/mol. The van der Waals surface area contributed by atoms with Crippen molar-refractivity contribution in [3.63, 3.8) is 0 Å². The van der Waals surface area contributed by atoms with E-state index in [9.17, 15) is 0 Å². The fourth-order valence-corrected chi connectivity index (χ4v) is 1.98. The lowest BCUT2D eigenvalue weighted by Crippen LogP contribution is -2.23. The van der Waals surface area contributed by atoms with E-state index >= 15 is 0 Å². The Hall–Kier alpha value is -1.02. The van der Waals surface area contributed by atoms with Gasteiger partial charge >= 0.3 is 0 Å². The summed E-state index contributed by atoms with van der Waals surface area (Å²) >= 11 is 0. The van der Waals surface area contributed by atoms with Gasteiger partial charge in [-0.1, -0.05) is 39.3 Å². The Morgan fingerprint density at radius 3 is 2.39 bits per heavy atom. The highest BCUT2D eigenvalue weighted by Crippen LogP contribution is 2.16. The van der Waals surface area contributed by atoms with Gasteiger partial charge in [-0.3, -0.25) is 0 Å². The molecule has 0 saturated carbocycles. The lowest BCUT2D eigenvalue weighted by molar-refractivity contribution is 0.560. The monoisotopic (exact) mass is 248 g/mol. The zero-order chi connectivity index (χ0) is 13.4. The Balaban J connectivity index is 2.48. The Bertz CT molecular complexity index is 318. The third-order valence-electron chi connectivity index (χ3n) is 3.42. The number of nitrogens with zero attached hydrogens (tertiary/aromatic N) is 1. The number of nitrogens with one attached hydrogen (secondary N) is 1. The van der Waals surface area contributed by atoms with Crippen molar-refractivity contribution in [1.82, 2.24) is 5.32 Å². The minimum atomic E-state index is 0.751. The molecule has 0 aliphatic rings. The maximum Gasteiger partial charge on any atom is 0.0363 e. The van der Waals surface area contributed by atoms with Crippen LogP contribution in [0.3, 0.4) is 0 Å². The third-order valence-corrected chi connectivity index (χ3v) is 3.42. The van der Waals surface area contributed by atoms with Gasteiger partial charge in [0.1, 0.15) is 0 Å². The topological polar surface area (TPSA) is 15.3 Å². The zero-order valence-corrected chi connectivity index (χ0v) is 12.4. The predicted molar refractivity (Wildman–Crippen MR) is 81.2 cm³/mol. The van der Waals surface area contributed by atoms with E-state index in [4.69, 9.17) is 0 Å². The van der Waals surface area contributed by atoms with Crippen molar-refractivity contribution in [1.29, 1.82) is 0 Å². The highest BCUT2D eigenvalue weighted by atomic mass is 15.1. The van der Waals surface area contributed by atoms with Crippen LogP contribution in [-0.4, -0.2) is 20.1 Å². The second-order valence-electron chi connectivity index (χ2n) is 5.24. The number of anilines is 1. The van der Waals surface area contributed by atoms with Crippen molar-refractivity contribution >= 4 is 5.69 Å². The molecule has 0 aliphatic heterocycles. The summed E-state index contributed by atoms with van der Waals surface area (Å²) in [5, 5.41) is 3.43. The number of hydrogen-bond donors (Lipinski definition) is 1. The fourth-order valence-electron chi connectivity index (χ4n) is 1.98. The van der Waals surface area contributed by atoms with E-state index in [1.807, 2.05) is 0 Å². The molecule has 1 atom stereocenters. The molecule has 1 aromatic carbocycles. The van der Waals surface area contributed by atoms with Gasteiger partial charge < -0.3 is 10.2 Å². The summed E-state index contributed by atoms with van der Waals surface area (Å²) in [7, 11) is 2.18. The first kappa shape index (κ1) is 15.0. The molecule has 1 rings (SSSR count). The smallest absolute Gasteiger partial charge is 0.0363 e. The molecule has 102 valence electrons. The molecule has 0 aliphatic carbocycles. The van der Waals surface area contributed by atoms with Gasteiger partial charge in [0.15, 0.2) is 0 Å². The van der Waals surface area contributed by atoms with Crippen LogP contribution in [0.25, 0.3) is 0 Å². The summed E-state index contributed by atoms with van der Waals surface area (Å²) in [6.45, 7) is 9.95. The summed E-state index contributed by atoms with van der Waals surface area (Å²) in [5.74, 6) is 0.751. The van der Waals surface area contributed by atoms with E-state index < -0.39 is 0 Å². The van der Waals surface area contributed by atoms with Gasteiger partial charge in [0.05, 0.1) is 0 Å². The van der Waals surface area contributed by atoms with Gasteiger partial charge in [-0.2, -0.15) is 0 Å². The minimum Gasteiger partial charge on any atom is -0.374 e. The molecule has 0 fully saturated rings. The van der Waals surface area contributed by atoms with Gasteiger partial charge in [0.25, 0.3) is 0 Å². The van der Waals surface area contributed by atoms with Crippen molar-refractivity contribution in [2.45, 2.75) is 40.2 Å². The Labute approximate surface area is 112 Å². The van der Waals surface area contributed by atoms with Crippen LogP contribution in [0, 0.1) is 5.92 Å². The number of benzene rings is 1. The van der Waals surface area contributed by atoms with Crippen molar-refractivity contribution in [2.24, 2.45) is 5.92 Å². The molecule has 0 amide bonds. The molecule has 1 N–H and O–H groups in total. The summed E-state index contributed by atoms with van der Waals surface area (Å²) in [4.78, 5) is 2.34. The van der Waals surface area contributed by atoms with Crippen LogP contribution >= 0.6 is 0 Å². The molecular formula is C16H28N2. The van der Waals surface area contributed by atoms with Crippen LogP contribution in [0.5, 0.6) is 0 Å². The quantitative estimate of drug-likeness (QED) is 0.706. The van der Waals surface area contributed by atoms with Crippen molar-refractivity contribution in [2.75, 3.05) is 25.0 Å². The van der Waals surface area contributed by atoms with Crippen molar-refractivity contribution in [3.8, 4) is 0 Å². The van der Waals surface area contributed by atoms with Gasteiger partial charge in [-0.05, 0) is 36.6 Å². The van der Waals surface area contributed by atoms with Gasteiger partial charge in [0.2, 0.25) is 0 Å². The lowest BCUT2D eigenvalue weighted by atomic mass is 10.1. The minimum absolute atomic E-state index is 0.751. The van der Waals surface area contributed by atoms with E-state index in [1.165, 1.54) is 24.1 Å².